The Hall–Kier alpha value is -0.970. The maximum atomic E-state index is 10.5. The first-order valence-corrected chi connectivity index (χ1v) is 4.15. The number of hydrogen-bond acceptors (Lipinski definition) is 3. The van der Waals surface area contributed by atoms with Gasteiger partial charge in [0.15, 0.2) is 5.69 Å². The Bertz CT molecular complexity index is 330. The average molecular weight is 184 g/mol. The van der Waals surface area contributed by atoms with Crippen molar-refractivity contribution < 1.29 is 9.90 Å². The molecule has 1 heterocycles. The molecule has 1 aromatic heterocycles. The molecule has 12 heavy (non-hydrogen) atoms. The van der Waals surface area contributed by atoms with Crippen LogP contribution in [-0.4, -0.2) is 21.3 Å². The van der Waals surface area contributed by atoms with Gasteiger partial charge in [-0.05, 0) is 12.8 Å². The van der Waals surface area contributed by atoms with Gasteiger partial charge in [-0.1, -0.05) is 0 Å². The monoisotopic (exact) mass is 184 g/mol. The molecule has 0 amide bonds. The molecule has 1 saturated carbocycles. The number of aromatic carboxylic acids is 1. The summed E-state index contributed by atoms with van der Waals surface area (Å²) in [5.41, 5.74) is 0.899. The molecular weight excluding hydrogens is 176 g/mol. The Balaban J connectivity index is 2.39. The first-order valence-electron chi connectivity index (χ1n) is 3.70. The summed E-state index contributed by atoms with van der Waals surface area (Å²) in [5.74, 6) is -0.568. The summed E-state index contributed by atoms with van der Waals surface area (Å²) in [4.78, 5) is 11.0. The molecule has 0 bridgehead atoms. The van der Waals surface area contributed by atoms with E-state index in [4.69, 9.17) is 5.11 Å². The van der Waals surface area contributed by atoms with Crippen LogP contribution in [0.4, 0.5) is 0 Å². The predicted molar refractivity (Wildman–Crippen MR) is 44.8 cm³/mol. The third kappa shape index (κ3) is 1.10. The molecule has 0 aromatic carbocycles. The van der Waals surface area contributed by atoms with Crippen LogP contribution >= 0.6 is 12.6 Å². The van der Waals surface area contributed by atoms with E-state index in [9.17, 15) is 4.79 Å². The molecule has 0 aliphatic heterocycles. The first kappa shape index (κ1) is 7.67. The molecule has 64 valence electrons. The van der Waals surface area contributed by atoms with Crippen LogP contribution in [0.25, 0.3) is 0 Å². The first-order chi connectivity index (χ1) is 5.70. The molecule has 2 rings (SSSR count). The molecule has 0 atom stereocenters. The molecule has 2 N–H and O–H groups in total. The number of H-pyrrole nitrogens is 1. The lowest BCUT2D eigenvalue weighted by Crippen LogP contribution is -1.97. The number of thiol groups is 1. The normalized spacial score (nSPS) is 16.4. The number of carboxylic acids is 1. The highest BCUT2D eigenvalue weighted by Crippen LogP contribution is 2.42. The lowest BCUT2D eigenvalue weighted by atomic mass is 10.2. The number of hydrogen-bond donors (Lipinski definition) is 3. The summed E-state index contributed by atoms with van der Waals surface area (Å²) < 4.78 is 0. The van der Waals surface area contributed by atoms with Gasteiger partial charge < -0.3 is 5.11 Å². The molecule has 0 radical (unpaired) electrons. The maximum Gasteiger partial charge on any atom is 0.357 e. The van der Waals surface area contributed by atoms with E-state index in [0.29, 0.717) is 10.8 Å². The van der Waals surface area contributed by atoms with Gasteiger partial charge in [0.2, 0.25) is 0 Å². The zero-order chi connectivity index (χ0) is 8.72. The van der Waals surface area contributed by atoms with Gasteiger partial charge in [-0.15, -0.1) is 12.6 Å². The lowest BCUT2D eigenvalue weighted by Gasteiger charge is -1.91. The molecule has 5 heteroatoms. The zero-order valence-electron chi connectivity index (χ0n) is 6.24. The van der Waals surface area contributed by atoms with Gasteiger partial charge in [0, 0.05) is 5.92 Å². The predicted octanol–water partition coefficient (Wildman–Crippen LogP) is 1.27. The van der Waals surface area contributed by atoms with Gasteiger partial charge in [0.05, 0.1) is 10.6 Å². The number of nitrogens with one attached hydrogen (secondary N) is 1. The van der Waals surface area contributed by atoms with E-state index in [-0.39, 0.29) is 5.69 Å². The summed E-state index contributed by atoms with van der Waals surface area (Å²) in [6.45, 7) is 0. The van der Waals surface area contributed by atoms with Crippen LogP contribution < -0.4 is 0 Å². The highest BCUT2D eigenvalue weighted by atomic mass is 32.1. The second-order valence-electron chi connectivity index (χ2n) is 2.91. The Morgan fingerprint density at radius 2 is 2.33 bits per heavy atom. The van der Waals surface area contributed by atoms with Gasteiger partial charge in [0.25, 0.3) is 0 Å². The average Bonchev–Trinajstić information content (AvgIpc) is 2.75. The molecule has 1 aliphatic carbocycles. The molecule has 1 fully saturated rings. The van der Waals surface area contributed by atoms with Gasteiger partial charge in [0.1, 0.15) is 0 Å². The highest BCUT2D eigenvalue weighted by molar-refractivity contribution is 7.80. The lowest BCUT2D eigenvalue weighted by molar-refractivity contribution is 0.0686. The number of carbonyl (C=O) groups is 1. The van der Waals surface area contributed by atoms with Crippen molar-refractivity contribution in [2.24, 2.45) is 0 Å². The Morgan fingerprint density at radius 1 is 1.67 bits per heavy atom. The van der Waals surface area contributed by atoms with Gasteiger partial charge >= 0.3 is 5.97 Å². The third-order valence-electron chi connectivity index (χ3n) is 1.96. The second-order valence-corrected chi connectivity index (χ2v) is 3.36. The van der Waals surface area contributed by atoms with Gasteiger partial charge in [-0.25, -0.2) is 4.79 Å². The fraction of sp³-hybridized carbons (Fsp3) is 0.429. The number of nitrogens with zero attached hydrogens (tertiary/aromatic N) is 1. The van der Waals surface area contributed by atoms with Crippen molar-refractivity contribution in [2.75, 3.05) is 0 Å². The van der Waals surface area contributed by atoms with E-state index >= 15 is 0 Å². The third-order valence-corrected chi connectivity index (χ3v) is 2.41. The van der Waals surface area contributed by atoms with Crippen LogP contribution in [0.5, 0.6) is 0 Å². The minimum Gasteiger partial charge on any atom is -0.476 e. The number of aromatic amines is 1. The van der Waals surface area contributed by atoms with Gasteiger partial charge in [-0.2, -0.15) is 5.10 Å². The summed E-state index contributed by atoms with van der Waals surface area (Å²) >= 11 is 4.11. The van der Waals surface area contributed by atoms with E-state index in [1.54, 1.807) is 0 Å². The number of carboxylic acid groups (broad SMARTS) is 1. The fourth-order valence-electron chi connectivity index (χ4n) is 1.16. The standard InChI is InChI=1S/C7H8N2O2S/c10-7(11)5-6(12)4(8-9-5)3-1-2-3/h3,12H,1-2H2,(H,8,9)(H,10,11). The number of aromatic nitrogens is 2. The van der Waals surface area contributed by atoms with Crippen LogP contribution in [-0.2, 0) is 0 Å². The van der Waals surface area contributed by atoms with Crippen molar-refractivity contribution in [3.63, 3.8) is 0 Å². The van der Waals surface area contributed by atoms with Crippen molar-refractivity contribution in [2.45, 2.75) is 23.7 Å². The van der Waals surface area contributed by atoms with E-state index in [0.717, 1.165) is 18.5 Å². The van der Waals surface area contributed by atoms with Gasteiger partial charge in [-0.3, -0.25) is 5.10 Å². The van der Waals surface area contributed by atoms with Crippen molar-refractivity contribution in [1.29, 1.82) is 0 Å². The molecule has 0 spiro atoms. The van der Waals surface area contributed by atoms with E-state index in [2.05, 4.69) is 22.8 Å². The van der Waals surface area contributed by atoms with Crippen LogP contribution in [0.3, 0.4) is 0 Å². The van der Waals surface area contributed by atoms with E-state index in [1.165, 1.54) is 0 Å². The molecular formula is C7H8N2O2S. The summed E-state index contributed by atoms with van der Waals surface area (Å²) in [6.07, 6.45) is 2.21. The van der Waals surface area contributed by atoms with E-state index < -0.39 is 5.97 Å². The van der Waals surface area contributed by atoms with Crippen LogP contribution in [0, 0.1) is 0 Å². The van der Waals surface area contributed by atoms with Crippen LogP contribution in [0.1, 0.15) is 34.9 Å². The summed E-state index contributed by atoms with van der Waals surface area (Å²) in [5, 5.41) is 15.0. The molecule has 4 nitrogen and oxygen atoms in total. The molecule has 0 unspecified atom stereocenters. The topological polar surface area (TPSA) is 66.0 Å². The van der Waals surface area contributed by atoms with Crippen molar-refractivity contribution >= 4 is 18.6 Å². The molecule has 1 aromatic rings. The van der Waals surface area contributed by atoms with Crippen molar-refractivity contribution in [3.8, 4) is 0 Å². The minimum atomic E-state index is -1.02. The zero-order valence-corrected chi connectivity index (χ0v) is 7.14. The number of rotatable bonds is 2. The quantitative estimate of drug-likeness (QED) is 0.606. The minimum absolute atomic E-state index is 0.0280. The van der Waals surface area contributed by atoms with Crippen molar-refractivity contribution in [1.82, 2.24) is 10.2 Å². The SMILES string of the molecule is O=C(O)c1n[nH]c(C2CC2)c1S. The smallest absolute Gasteiger partial charge is 0.357 e. The Morgan fingerprint density at radius 3 is 2.75 bits per heavy atom. The molecule has 0 saturated heterocycles. The Kier molecular flexibility index (Phi) is 1.61. The fourth-order valence-corrected chi connectivity index (χ4v) is 1.53. The summed E-state index contributed by atoms with van der Waals surface area (Å²) in [6, 6.07) is 0. The van der Waals surface area contributed by atoms with Crippen LogP contribution in [0.2, 0.25) is 0 Å². The van der Waals surface area contributed by atoms with Crippen molar-refractivity contribution in [3.05, 3.63) is 11.4 Å². The van der Waals surface area contributed by atoms with E-state index in [1.807, 2.05) is 0 Å². The highest BCUT2D eigenvalue weighted by Gasteiger charge is 2.29. The molecule has 1 aliphatic rings. The largest absolute Gasteiger partial charge is 0.476 e. The maximum absolute atomic E-state index is 10.5. The Labute approximate surface area is 74.4 Å². The van der Waals surface area contributed by atoms with Crippen LogP contribution in [0.15, 0.2) is 4.90 Å². The summed E-state index contributed by atoms with van der Waals surface area (Å²) in [7, 11) is 0. The second kappa shape index (κ2) is 2.52.